The fourth-order valence-electron chi connectivity index (χ4n) is 12.8. The molecule has 7 aromatic carbocycles. The number of allylic oxidation sites excluding steroid dienone is 4. The highest BCUT2D eigenvalue weighted by atomic mass is 16.1. The molecule has 2 heterocycles. The average molecular weight is 790 g/mol. The summed E-state index contributed by atoms with van der Waals surface area (Å²) >= 11 is 0. The summed E-state index contributed by atoms with van der Waals surface area (Å²) in [7, 11) is 0. The molecule has 1 fully saturated rings. The van der Waals surface area contributed by atoms with Gasteiger partial charge in [0.2, 0.25) is 0 Å². The Bertz CT molecular complexity index is 2780. The summed E-state index contributed by atoms with van der Waals surface area (Å²) in [6.45, 7) is 3.44. The standard InChI is InChI=1S/C59H51NO/c1-41-57(33-36-61)60-35-32-47-29-17-18-30-54(47)58(60,34-31-42-19-7-2-8-20-42)59(41)55-39-50(45-25-13-5-14-26-45)48(43-21-9-3-10-22-43)37-52(55)53-38-49(44-23-11-4-12-24-44)51(40-56(53)59)46-27-15-6-16-28-46/h2-30,36-41,48,55,57H,31-35H2,1H3/t41-,48?,55?,57?,58-,59?/m1/s1. The summed E-state index contributed by atoms with van der Waals surface area (Å²) in [4.78, 5) is 15.9. The molecule has 2 heteroatoms. The number of benzene rings is 7. The number of hydrogen-bond acceptors (Lipinski definition) is 2. The van der Waals surface area contributed by atoms with Gasteiger partial charge in [0.25, 0.3) is 0 Å². The van der Waals surface area contributed by atoms with E-state index >= 15 is 0 Å². The van der Waals surface area contributed by atoms with Crippen LogP contribution in [0.15, 0.2) is 200 Å². The van der Waals surface area contributed by atoms with E-state index in [1.54, 1.807) is 0 Å². The Labute approximate surface area is 360 Å². The second-order valence-corrected chi connectivity index (χ2v) is 17.7. The van der Waals surface area contributed by atoms with E-state index in [9.17, 15) is 4.79 Å². The lowest BCUT2D eigenvalue weighted by Gasteiger charge is -2.56. The zero-order valence-electron chi connectivity index (χ0n) is 34.8. The van der Waals surface area contributed by atoms with Crippen LogP contribution in [-0.4, -0.2) is 23.8 Å². The van der Waals surface area contributed by atoms with Crippen LogP contribution in [0.25, 0.3) is 33.4 Å². The molecular weight excluding hydrogens is 739 g/mol. The van der Waals surface area contributed by atoms with Crippen molar-refractivity contribution in [2.75, 3.05) is 6.54 Å². The molecule has 0 saturated carbocycles. The first-order chi connectivity index (χ1) is 30.1. The molecule has 61 heavy (non-hydrogen) atoms. The van der Waals surface area contributed by atoms with Gasteiger partial charge >= 0.3 is 0 Å². The van der Waals surface area contributed by atoms with E-state index in [2.05, 4.69) is 212 Å². The van der Waals surface area contributed by atoms with Crippen LogP contribution < -0.4 is 0 Å². The highest BCUT2D eigenvalue weighted by Gasteiger charge is 2.73. The molecular formula is C59H51NO. The van der Waals surface area contributed by atoms with E-state index in [4.69, 9.17) is 0 Å². The van der Waals surface area contributed by atoms with E-state index in [0.29, 0.717) is 6.42 Å². The average Bonchev–Trinajstić information content (AvgIpc) is 3.74. The molecule has 4 unspecified atom stereocenters. The number of hydrogen-bond donors (Lipinski definition) is 0. The molecule has 1 spiro atoms. The summed E-state index contributed by atoms with van der Waals surface area (Å²) in [6, 6.07) is 70.0. The minimum Gasteiger partial charge on any atom is -0.303 e. The van der Waals surface area contributed by atoms with Crippen molar-refractivity contribution in [2.24, 2.45) is 11.8 Å². The fraction of sp³-hybridized carbons (Fsp3) is 0.203. The zero-order chi connectivity index (χ0) is 41.0. The van der Waals surface area contributed by atoms with Crippen LogP contribution in [0.1, 0.15) is 64.6 Å². The highest BCUT2D eigenvalue weighted by Crippen LogP contribution is 2.73. The highest BCUT2D eigenvalue weighted by molar-refractivity contribution is 5.95. The monoisotopic (exact) mass is 789 g/mol. The van der Waals surface area contributed by atoms with E-state index in [1.807, 2.05) is 0 Å². The minimum atomic E-state index is -0.423. The van der Waals surface area contributed by atoms with E-state index in [1.165, 1.54) is 78.6 Å². The van der Waals surface area contributed by atoms with Gasteiger partial charge in [-0.3, -0.25) is 4.90 Å². The molecule has 2 aliphatic carbocycles. The third-order valence-electron chi connectivity index (χ3n) is 15.1. The van der Waals surface area contributed by atoms with Crippen LogP contribution in [0, 0.1) is 11.8 Å². The summed E-state index contributed by atoms with van der Waals surface area (Å²) in [5, 5.41) is 0. The Kier molecular flexibility index (Phi) is 9.43. The Morgan fingerprint density at radius 3 is 1.82 bits per heavy atom. The van der Waals surface area contributed by atoms with Gasteiger partial charge in [-0.1, -0.05) is 195 Å². The van der Waals surface area contributed by atoms with Gasteiger partial charge in [-0.2, -0.15) is 0 Å². The second kappa shape index (κ2) is 15.3. The summed E-state index contributed by atoms with van der Waals surface area (Å²) in [5.74, 6) is 0.259. The van der Waals surface area contributed by atoms with Crippen LogP contribution in [0.5, 0.6) is 0 Å². The molecule has 298 valence electrons. The van der Waals surface area contributed by atoms with Crippen LogP contribution in [0.4, 0.5) is 0 Å². The first kappa shape index (κ1) is 37.6. The Morgan fingerprint density at radius 1 is 0.590 bits per heavy atom. The number of aryl methyl sites for hydroxylation is 1. The quantitative estimate of drug-likeness (QED) is 0.136. The third-order valence-corrected chi connectivity index (χ3v) is 15.1. The van der Waals surface area contributed by atoms with Gasteiger partial charge in [-0.15, -0.1) is 0 Å². The maximum absolute atomic E-state index is 13.1. The van der Waals surface area contributed by atoms with Gasteiger partial charge in [-0.25, -0.2) is 0 Å². The molecule has 11 rings (SSSR count). The van der Waals surface area contributed by atoms with Crippen LogP contribution in [0.2, 0.25) is 0 Å². The number of nitrogens with zero attached hydrogens (tertiary/aromatic N) is 1. The predicted molar refractivity (Wildman–Crippen MR) is 251 cm³/mol. The van der Waals surface area contributed by atoms with Crippen LogP contribution in [0.3, 0.4) is 0 Å². The minimum absolute atomic E-state index is 0.0448. The first-order valence-corrected chi connectivity index (χ1v) is 22.3. The van der Waals surface area contributed by atoms with Crippen molar-refractivity contribution in [2.45, 2.75) is 55.5 Å². The molecule has 6 atom stereocenters. The van der Waals surface area contributed by atoms with Crippen molar-refractivity contribution in [1.82, 2.24) is 4.90 Å². The topological polar surface area (TPSA) is 20.3 Å². The van der Waals surface area contributed by atoms with Crippen LogP contribution in [-0.2, 0) is 28.6 Å². The van der Waals surface area contributed by atoms with Crippen molar-refractivity contribution in [1.29, 1.82) is 0 Å². The lowest BCUT2D eigenvalue weighted by molar-refractivity contribution is -0.109. The van der Waals surface area contributed by atoms with Crippen molar-refractivity contribution in [3.05, 3.63) is 239 Å². The van der Waals surface area contributed by atoms with Crippen LogP contribution >= 0.6 is 0 Å². The number of fused-ring (bicyclic) bond motifs is 9. The fourth-order valence-corrected chi connectivity index (χ4v) is 12.8. The number of carbonyl (C=O) groups excluding carboxylic acids is 1. The Hall–Kier alpha value is -6.35. The van der Waals surface area contributed by atoms with Gasteiger partial charge < -0.3 is 4.79 Å². The number of aldehydes is 1. The van der Waals surface area contributed by atoms with Gasteiger partial charge in [0.1, 0.15) is 6.29 Å². The number of carbonyl (C=O) groups is 1. The molecule has 7 aromatic rings. The summed E-state index contributed by atoms with van der Waals surface area (Å²) < 4.78 is 0. The van der Waals surface area contributed by atoms with E-state index in [0.717, 1.165) is 25.8 Å². The molecule has 0 bridgehead atoms. The van der Waals surface area contributed by atoms with Gasteiger partial charge in [0.15, 0.2) is 0 Å². The van der Waals surface area contributed by atoms with Crippen molar-refractivity contribution < 1.29 is 4.79 Å². The Balaban J connectivity index is 1.29. The SMILES string of the molecule is C[C@@H]1C(CC=O)N2CCc3ccccc3[C@]2(CCc2ccccc2)C12c1cc(-c3ccccc3)c(-c3ccccc3)cc1C1=CC(c3ccccc3)C(c3ccccc3)=CC12. The number of rotatable bonds is 9. The van der Waals surface area contributed by atoms with E-state index in [-0.39, 0.29) is 23.8 Å². The lowest BCUT2D eigenvalue weighted by atomic mass is 9.51. The molecule has 1 saturated heterocycles. The molecule has 4 aliphatic rings. The molecule has 2 nitrogen and oxygen atoms in total. The van der Waals surface area contributed by atoms with E-state index < -0.39 is 11.0 Å². The maximum Gasteiger partial charge on any atom is 0.121 e. The third kappa shape index (κ3) is 5.76. The van der Waals surface area contributed by atoms with Crippen molar-refractivity contribution in [3.8, 4) is 22.3 Å². The molecule has 0 radical (unpaired) electrons. The van der Waals surface area contributed by atoms with Crippen molar-refractivity contribution >= 4 is 17.4 Å². The normalized spacial score (nSPS) is 24.9. The maximum atomic E-state index is 13.1. The largest absolute Gasteiger partial charge is 0.303 e. The molecule has 2 aliphatic heterocycles. The van der Waals surface area contributed by atoms with Gasteiger partial charge in [0, 0.05) is 36.3 Å². The molecule has 0 amide bonds. The molecule has 0 aromatic heterocycles. The van der Waals surface area contributed by atoms with Gasteiger partial charge in [-0.05, 0) is 110 Å². The Morgan fingerprint density at radius 2 is 1.16 bits per heavy atom. The smallest absolute Gasteiger partial charge is 0.121 e. The summed E-state index contributed by atoms with van der Waals surface area (Å²) in [6.07, 6.45) is 9.93. The predicted octanol–water partition coefficient (Wildman–Crippen LogP) is 13.1. The molecule has 0 N–H and O–H groups in total. The van der Waals surface area contributed by atoms with Crippen molar-refractivity contribution in [3.63, 3.8) is 0 Å². The first-order valence-electron chi connectivity index (χ1n) is 22.3. The summed E-state index contributed by atoms with van der Waals surface area (Å²) in [5.41, 5.74) is 16.5. The lowest BCUT2D eigenvalue weighted by Crippen LogP contribution is -2.59. The zero-order valence-corrected chi connectivity index (χ0v) is 34.8. The van der Waals surface area contributed by atoms with Gasteiger partial charge in [0.05, 0.1) is 5.54 Å². The second-order valence-electron chi connectivity index (χ2n) is 17.7.